The third-order valence-electron chi connectivity index (χ3n) is 2.58. The van der Waals surface area contributed by atoms with Crippen molar-refractivity contribution in [1.29, 1.82) is 0 Å². The Kier molecular flexibility index (Phi) is 4.89. The summed E-state index contributed by atoms with van der Waals surface area (Å²) in [5.41, 5.74) is -0.109. The molecule has 0 bridgehead atoms. The van der Waals surface area contributed by atoms with E-state index in [2.05, 4.69) is 43.2 Å². The van der Waals surface area contributed by atoms with Gasteiger partial charge in [-0.1, -0.05) is 15.9 Å². The largest absolute Gasteiger partial charge is 0.478 e. The van der Waals surface area contributed by atoms with Crippen LogP contribution in [0.3, 0.4) is 0 Å². The van der Waals surface area contributed by atoms with E-state index in [-0.39, 0.29) is 16.1 Å². The van der Waals surface area contributed by atoms with Crippen LogP contribution in [0.4, 0.5) is 5.69 Å². The van der Waals surface area contributed by atoms with Crippen molar-refractivity contribution in [3.05, 3.63) is 56.1 Å². The number of nitrogens with one attached hydrogen (secondary N) is 1. The minimum Gasteiger partial charge on any atom is -0.478 e. The Bertz CT molecular complexity index is 790. The summed E-state index contributed by atoms with van der Waals surface area (Å²) in [7, 11) is -3.83. The van der Waals surface area contributed by atoms with E-state index in [1.165, 1.54) is 24.3 Å². The predicted molar refractivity (Wildman–Crippen MR) is 91.1 cm³/mol. The Labute approximate surface area is 143 Å². The molecular formula is C13H9BrINO4S. The Hall–Kier alpha value is -1.13. The van der Waals surface area contributed by atoms with Gasteiger partial charge in [-0.05, 0) is 65.1 Å². The fraction of sp³-hybridized carbons (Fsp3) is 0. The van der Waals surface area contributed by atoms with Gasteiger partial charge < -0.3 is 5.11 Å². The second-order valence-corrected chi connectivity index (χ2v) is 7.90. The second kappa shape index (κ2) is 6.32. The van der Waals surface area contributed by atoms with Gasteiger partial charge in [0.1, 0.15) is 0 Å². The zero-order valence-electron chi connectivity index (χ0n) is 10.4. The number of anilines is 1. The lowest BCUT2D eigenvalue weighted by Gasteiger charge is -2.11. The molecule has 0 saturated carbocycles. The van der Waals surface area contributed by atoms with Crippen molar-refractivity contribution >= 4 is 60.2 Å². The van der Waals surface area contributed by atoms with Gasteiger partial charge >= 0.3 is 5.97 Å². The van der Waals surface area contributed by atoms with Gasteiger partial charge in [0, 0.05) is 8.04 Å². The van der Waals surface area contributed by atoms with Crippen LogP contribution in [-0.2, 0) is 10.0 Å². The first kappa shape index (κ1) is 16.2. The van der Waals surface area contributed by atoms with Crippen molar-refractivity contribution in [3.63, 3.8) is 0 Å². The molecule has 2 aromatic carbocycles. The topological polar surface area (TPSA) is 83.5 Å². The minimum atomic E-state index is -3.83. The molecule has 0 fully saturated rings. The summed E-state index contributed by atoms with van der Waals surface area (Å²) < 4.78 is 28.3. The summed E-state index contributed by atoms with van der Waals surface area (Å²) in [5, 5.41) is 9.14. The van der Waals surface area contributed by atoms with Gasteiger partial charge in [0.15, 0.2) is 0 Å². The van der Waals surface area contributed by atoms with Gasteiger partial charge in [-0.25, -0.2) is 13.2 Å². The quantitative estimate of drug-likeness (QED) is 0.654. The molecule has 0 saturated heterocycles. The van der Waals surface area contributed by atoms with Crippen LogP contribution in [0.1, 0.15) is 10.4 Å². The molecule has 21 heavy (non-hydrogen) atoms. The summed E-state index contributed by atoms with van der Waals surface area (Å²) in [6.45, 7) is 0. The molecular weight excluding hydrogens is 473 g/mol. The molecule has 0 amide bonds. The van der Waals surface area contributed by atoms with Gasteiger partial charge in [0.05, 0.1) is 16.1 Å². The number of aromatic carboxylic acids is 1. The maximum Gasteiger partial charge on any atom is 0.337 e. The Morgan fingerprint density at radius 3 is 2.33 bits per heavy atom. The zero-order valence-corrected chi connectivity index (χ0v) is 14.9. The fourth-order valence-corrected chi connectivity index (χ4v) is 3.40. The molecule has 2 aromatic rings. The number of benzene rings is 2. The summed E-state index contributed by atoms with van der Waals surface area (Å²) in [4.78, 5) is 11.3. The van der Waals surface area contributed by atoms with Crippen molar-refractivity contribution in [1.82, 2.24) is 0 Å². The summed E-state index contributed by atoms with van der Waals surface area (Å²) >= 11 is 5.22. The third kappa shape index (κ3) is 3.95. The normalized spacial score (nSPS) is 11.1. The van der Waals surface area contributed by atoms with Crippen LogP contribution < -0.4 is 4.72 Å². The summed E-state index contributed by atoms with van der Waals surface area (Å²) in [6.07, 6.45) is 0. The predicted octanol–water partition coefficient (Wildman–Crippen LogP) is 3.55. The highest BCUT2D eigenvalue weighted by Crippen LogP contribution is 2.24. The van der Waals surface area contributed by atoms with Crippen LogP contribution in [0.15, 0.2) is 51.8 Å². The number of sulfonamides is 1. The number of carbonyl (C=O) groups is 1. The summed E-state index contributed by atoms with van der Waals surface area (Å²) in [5.74, 6) is -1.21. The first-order chi connectivity index (χ1) is 9.79. The van der Waals surface area contributed by atoms with Crippen LogP contribution in [0, 0.1) is 3.57 Å². The summed E-state index contributed by atoms with van der Waals surface area (Å²) in [6, 6.07) is 10.6. The molecule has 0 radical (unpaired) electrons. The minimum absolute atomic E-state index is 0.0178. The van der Waals surface area contributed by atoms with Crippen molar-refractivity contribution in [2.75, 3.05) is 4.72 Å². The molecule has 0 heterocycles. The highest BCUT2D eigenvalue weighted by molar-refractivity contribution is 14.1. The van der Waals surface area contributed by atoms with Crippen molar-refractivity contribution < 1.29 is 18.3 Å². The third-order valence-corrected chi connectivity index (χ3v) is 5.17. The molecule has 0 spiro atoms. The molecule has 0 aliphatic heterocycles. The van der Waals surface area contributed by atoms with Gasteiger partial charge in [-0.2, -0.15) is 0 Å². The van der Waals surface area contributed by atoms with E-state index in [0.717, 1.165) is 3.57 Å². The van der Waals surface area contributed by atoms with Gasteiger partial charge in [0.2, 0.25) is 0 Å². The molecule has 110 valence electrons. The van der Waals surface area contributed by atoms with Gasteiger partial charge in [-0.3, -0.25) is 4.72 Å². The maximum atomic E-state index is 12.3. The average Bonchev–Trinajstić information content (AvgIpc) is 2.41. The number of rotatable bonds is 4. The van der Waals surface area contributed by atoms with Crippen LogP contribution in [-0.4, -0.2) is 19.5 Å². The van der Waals surface area contributed by atoms with Crippen molar-refractivity contribution in [3.8, 4) is 0 Å². The van der Waals surface area contributed by atoms with E-state index in [1.807, 2.05) is 0 Å². The smallest absolute Gasteiger partial charge is 0.337 e. The van der Waals surface area contributed by atoms with Gasteiger partial charge in [-0.15, -0.1) is 0 Å². The first-order valence-corrected chi connectivity index (χ1v) is 8.96. The standard InChI is InChI=1S/C13H9BrINO4S/c14-8-1-6-12(11(7-8)13(17)18)16-21(19,20)10-4-2-9(15)3-5-10/h1-7,16H,(H,17,18). The second-order valence-electron chi connectivity index (χ2n) is 4.05. The Balaban J connectivity index is 2.41. The fourth-order valence-electron chi connectivity index (χ4n) is 1.60. The number of hydrogen-bond acceptors (Lipinski definition) is 3. The number of carboxylic acid groups (broad SMARTS) is 1. The lowest BCUT2D eigenvalue weighted by atomic mass is 10.2. The molecule has 0 atom stereocenters. The number of halogens is 2. The van der Waals surface area contributed by atoms with E-state index in [0.29, 0.717) is 4.47 Å². The van der Waals surface area contributed by atoms with Crippen LogP contribution >= 0.6 is 38.5 Å². The zero-order chi connectivity index (χ0) is 15.6. The molecule has 0 aliphatic carbocycles. The van der Waals surface area contributed by atoms with E-state index in [4.69, 9.17) is 5.11 Å². The Morgan fingerprint density at radius 1 is 1.14 bits per heavy atom. The van der Waals surface area contributed by atoms with Crippen molar-refractivity contribution in [2.45, 2.75) is 4.90 Å². The van der Waals surface area contributed by atoms with E-state index in [1.54, 1.807) is 18.2 Å². The lowest BCUT2D eigenvalue weighted by molar-refractivity contribution is 0.0698. The van der Waals surface area contributed by atoms with E-state index < -0.39 is 16.0 Å². The first-order valence-electron chi connectivity index (χ1n) is 5.61. The van der Waals surface area contributed by atoms with Crippen LogP contribution in [0.25, 0.3) is 0 Å². The number of carboxylic acids is 1. The SMILES string of the molecule is O=C(O)c1cc(Br)ccc1NS(=O)(=O)c1ccc(I)cc1. The van der Waals surface area contributed by atoms with Crippen LogP contribution in [0.2, 0.25) is 0 Å². The number of hydrogen-bond donors (Lipinski definition) is 2. The average molecular weight is 482 g/mol. The molecule has 0 aromatic heterocycles. The van der Waals surface area contributed by atoms with Crippen molar-refractivity contribution in [2.24, 2.45) is 0 Å². The lowest BCUT2D eigenvalue weighted by Crippen LogP contribution is -2.15. The molecule has 2 N–H and O–H groups in total. The molecule has 8 heteroatoms. The highest BCUT2D eigenvalue weighted by Gasteiger charge is 2.18. The maximum absolute atomic E-state index is 12.3. The molecule has 0 unspecified atom stereocenters. The van der Waals surface area contributed by atoms with E-state index >= 15 is 0 Å². The Morgan fingerprint density at radius 2 is 1.76 bits per heavy atom. The monoisotopic (exact) mass is 481 g/mol. The van der Waals surface area contributed by atoms with E-state index in [9.17, 15) is 13.2 Å². The molecule has 5 nitrogen and oxygen atoms in total. The molecule has 2 rings (SSSR count). The van der Waals surface area contributed by atoms with Crippen LogP contribution in [0.5, 0.6) is 0 Å². The highest BCUT2D eigenvalue weighted by atomic mass is 127. The molecule has 0 aliphatic rings. The van der Waals surface area contributed by atoms with Gasteiger partial charge in [0.25, 0.3) is 10.0 Å².